The Morgan fingerprint density at radius 1 is 0.781 bits per heavy atom. The summed E-state index contributed by atoms with van der Waals surface area (Å²) < 4.78 is 12.4. The van der Waals surface area contributed by atoms with Crippen molar-refractivity contribution in [2.24, 2.45) is 0 Å². The zero-order valence-electron chi connectivity index (χ0n) is 20.0. The SMILES string of the molecule is Cc1cc2ccc(C(=O)N3CCN(C(=O)OC(C)(C)C)CC3)cc2n1C(=O)OC(C)(C)C. The van der Waals surface area contributed by atoms with Gasteiger partial charge in [-0.2, -0.15) is 0 Å². The number of fused-ring (bicyclic) bond motifs is 1. The second-order valence-electron chi connectivity index (χ2n) is 10.1. The second kappa shape index (κ2) is 8.48. The molecule has 0 aliphatic carbocycles. The predicted molar refractivity (Wildman–Crippen MR) is 122 cm³/mol. The Labute approximate surface area is 189 Å². The standard InChI is InChI=1S/C24H33N3O5/c1-16-14-17-8-9-18(15-19(17)27(16)22(30)32-24(5,6)7)20(28)25-10-12-26(13-11-25)21(29)31-23(2,3)4/h8-9,14-15H,10-13H2,1-7H3. The molecule has 3 rings (SSSR count). The van der Waals surface area contributed by atoms with Crippen molar-refractivity contribution in [2.75, 3.05) is 26.2 Å². The van der Waals surface area contributed by atoms with E-state index in [9.17, 15) is 14.4 Å². The van der Waals surface area contributed by atoms with Gasteiger partial charge in [0.15, 0.2) is 0 Å². The van der Waals surface area contributed by atoms with Crippen molar-refractivity contribution >= 4 is 29.0 Å². The van der Waals surface area contributed by atoms with Crippen LogP contribution in [-0.2, 0) is 9.47 Å². The van der Waals surface area contributed by atoms with Gasteiger partial charge in [0, 0.05) is 42.8 Å². The molecule has 1 aromatic heterocycles. The number of amides is 2. The summed E-state index contributed by atoms with van der Waals surface area (Å²) in [6.07, 6.45) is -0.836. The molecule has 0 atom stereocenters. The monoisotopic (exact) mass is 443 g/mol. The molecule has 174 valence electrons. The molecule has 0 saturated carbocycles. The Bertz CT molecular complexity index is 1030. The van der Waals surface area contributed by atoms with Crippen LogP contribution in [0.4, 0.5) is 9.59 Å². The van der Waals surface area contributed by atoms with Gasteiger partial charge in [-0.3, -0.25) is 4.79 Å². The molecule has 8 heteroatoms. The summed E-state index contributed by atoms with van der Waals surface area (Å²) in [6, 6.07) is 7.24. The van der Waals surface area contributed by atoms with E-state index in [-0.39, 0.29) is 12.0 Å². The average molecular weight is 444 g/mol. The van der Waals surface area contributed by atoms with E-state index in [2.05, 4.69) is 0 Å². The molecule has 32 heavy (non-hydrogen) atoms. The fourth-order valence-corrected chi connectivity index (χ4v) is 3.62. The third-order valence-electron chi connectivity index (χ3n) is 5.03. The van der Waals surface area contributed by atoms with Gasteiger partial charge in [0.2, 0.25) is 0 Å². The minimum absolute atomic E-state index is 0.134. The zero-order chi connectivity index (χ0) is 23.8. The molecule has 0 unspecified atom stereocenters. The summed E-state index contributed by atoms with van der Waals surface area (Å²) in [7, 11) is 0. The van der Waals surface area contributed by atoms with Crippen molar-refractivity contribution in [2.45, 2.75) is 59.7 Å². The number of carbonyl (C=O) groups is 3. The number of rotatable bonds is 1. The lowest BCUT2D eigenvalue weighted by atomic mass is 10.1. The third-order valence-corrected chi connectivity index (χ3v) is 5.03. The first-order chi connectivity index (χ1) is 14.7. The van der Waals surface area contributed by atoms with Crippen LogP contribution >= 0.6 is 0 Å². The van der Waals surface area contributed by atoms with Gasteiger partial charge in [-0.15, -0.1) is 0 Å². The fraction of sp³-hybridized carbons (Fsp3) is 0.542. The van der Waals surface area contributed by atoms with Gasteiger partial charge in [-0.05, 0) is 66.7 Å². The largest absolute Gasteiger partial charge is 0.444 e. The van der Waals surface area contributed by atoms with Crippen molar-refractivity contribution in [3.63, 3.8) is 0 Å². The van der Waals surface area contributed by atoms with Crippen LogP contribution in [0, 0.1) is 6.92 Å². The van der Waals surface area contributed by atoms with Gasteiger partial charge < -0.3 is 19.3 Å². The van der Waals surface area contributed by atoms with E-state index in [0.29, 0.717) is 37.3 Å². The zero-order valence-corrected chi connectivity index (χ0v) is 20.0. The van der Waals surface area contributed by atoms with Crippen molar-refractivity contribution in [1.82, 2.24) is 14.4 Å². The first-order valence-electron chi connectivity index (χ1n) is 10.9. The van der Waals surface area contributed by atoms with Gasteiger partial charge in [0.1, 0.15) is 11.2 Å². The summed E-state index contributed by atoms with van der Waals surface area (Å²) in [6.45, 7) is 14.4. The Morgan fingerprint density at radius 3 is 1.88 bits per heavy atom. The van der Waals surface area contributed by atoms with Crippen molar-refractivity contribution in [1.29, 1.82) is 0 Å². The fourth-order valence-electron chi connectivity index (χ4n) is 3.62. The highest BCUT2D eigenvalue weighted by Gasteiger charge is 2.28. The van der Waals surface area contributed by atoms with Crippen LogP contribution in [0.3, 0.4) is 0 Å². The molecule has 0 bridgehead atoms. The number of piperazine rings is 1. The minimum atomic E-state index is -0.624. The van der Waals surface area contributed by atoms with Crippen LogP contribution in [0.2, 0.25) is 0 Å². The highest BCUT2D eigenvalue weighted by atomic mass is 16.6. The van der Waals surface area contributed by atoms with Gasteiger partial charge >= 0.3 is 12.2 Å². The van der Waals surface area contributed by atoms with E-state index in [1.165, 1.54) is 4.57 Å². The Kier molecular flexibility index (Phi) is 6.26. The number of ether oxygens (including phenoxy) is 2. The van der Waals surface area contributed by atoms with Crippen LogP contribution in [-0.4, -0.2) is 69.8 Å². The molecular formula is C24H33N3O5. The van der Waals surface area contributed by atoms with E-state index < -0.39 is 17.3 Å². The molecule has 8 nitrogen and oxygen atoms in total. The van der Waals surface area contributed by atoms with Crippen LogP contribution < -0.4 is 0 Å². The average Bonchev–Trinajstić information content (AvgIpc) is 2.99. The number of benzene rings is 1. The van der Waals surface area contributed by atoms with Gasteiger partial charge in [0.05, 0.1) is 5.52 Å². The molecule has 0 N–H and O–H groups in total. The maximum absolute atomic E-state index is 13.1. The lowest BCUT2D eigenvalue weighted by Crippen LogP contribution is -2.51. The van der Waals surface area contributed by atoms with Gasteiger partial charge in [0.25, 0.3) is 5.91 Å². The highest BCUT2D eigenvalue weighted by Crippen LogP contribution is 2.24. The lowest BCUT2D eigenvalue weighted by Gasteiger charge is -2.35. The third kappa shape index (κ3) is 5.41. The molecule has 0 spiro atoms. The summed E-state index contributed by atoms with van der Waals surface area (Å²) in [5.41, 5.74) is 0.688. The summed E-state index contributed by atoms with van der Waals surface area (Å²) >= 11 is 0. The van der Waals surface area contributed by atoms with Crippen LogP contribution in [0.1, 0.15) is 57.6 Å². The Balaban J connectivity index is 1.76. The topological polar surface area (TPSA) is 81.1 Å². The molecule has 1 aliphatic heterocycles. The number of carbonyl (C=O) groups excluding carboxylic acids is 3. The first kappa shape index (κ1) is 23.6. The van der Waals surface area contributed by atoms with E-state index in [1.807, 2.05) is 60.6 Å². The number of hydrogen-bond donors (Lipinski definition) is 0. The molecule has 1 saturated heterocycles. The van der Waals surface area contributed by atoms with Crippen LogP contribution in [0.5, 0.6) is 0 Å². The summed E-state index contributed by atoms with van der Waals surface area (Å²) in [4.78, 5) is 41.5. The van der Waals surface area contributed by atoms with E-state index in [0.717, 1.165) is 11.1 Å². The molecule has 1 aliphatic rings. The number of nitrogens with zero attached hydrogens (tertiary/aromatic N) is 3. The first-order valence-corrected chi connectivity index (χ1v) is 10.9. The molecular weight excluding hydrogens is 410 g/mol. The van der Waals surface area contributed by atoms with Crippen molar-refractivity contribution in [3.05, 3.63) is 35.5 Å². The molecule has 2 heterocycles. The van der Waals surface area contributed by atoms with Crippen molar-refractivity contribution in [3.8, 4) is 0 Å². The maximum Gasteiger partial charge on any atom is 0.419 e. The highest BCUT2D eigenvalue weighted by molar-refractivity contribution is 6.00. The van der Waals surface area contributed by atoms with Gasteiger partial charge in [-0.25, -0.2) is 14.2 Å². The number of aromatic nitrogens is 1. The smallest absolute Gasteiger partial charge is 0.419 e. The predicted octanol–water partition coefficient (Wildman–Crippen LogP) is 4.43. The quantitative estimate of drug-likeness (QED) is 0.651. The summed E-state index contributed by atoms with van der Waals surface area (Å²) in [5.74, 6) is -0.134. The lowest BCUT2D eigenvalue weighted by molar-refractivity contribution is 0.0141. The molecule has 2 aromatic rings. The normalized spacial score (nSPS) is 15.1. The van der Waals surface area contributed by atoms with Crippen molar-refractivity contribution < 1.29 is 23.9 Å². The van der Waals surface area contributed by atoms with Crippen LogP contribution in [0.25, 0.3) is 10.9 Å². The van der Waals surface area contributed by atoms with Crippen LogP contribution in [0.15, 0.2) is 24.3 Å². The van der Waals surface area contributed by atoms with Gasteiger partial charge in [-0.1, -0.05) is 6.07 Å². The maximum atomic E-state index is 13.1. The molecule has 1 aromatic carbocycles. The Hall–Kier alpha value is -3.03. The number of hydrogen-bond acceptors (Lipinski definition) is 5. The van der Waals surface area contributed by atoms with E-state index in [1.54, 1.807) is 21.9 Å². The molecule has 0 radical (unpaired) electrons. The van der Waals surface area contributed by atoms with E-state index in [4.69, 9.17) is 9.47 Å². The molecule has 1 fully saturated rings. The second-order valence-corrected chi connectivity index (χ2v) is 10.1. The minimum Gasteiger partial charge on any atom is -0.444 e. The van der Waals surface area contributed by atoms with E-state index >= 15 is 0 Å². The number of aryl methyl sites for hydroxylation is 1. The Morgan fingerprint density at radius 2 is 1.31 bits per heavy atom. The summed E-state index contributed by atoms with van der Waals surface area (Å²) in [5, 5.41) is 0.861. The molecule has 2 amide bonds.